The molecule has 1 saturated heterocycles. The molecule has 0 aliphatic carbocycles. The summed E-state index contributed by atoms with van der Waals surface area (Å²) in [5, 5.41) is 4.51. The lowest BCUT2D eigenvalue weighted by Crippen LogP contribution is -2.67. The zero-order chi connectivity index (χ0) is 25.3. The molecule has 2 aliphatic rings. The number of benzene rings is 2. The highest BCUT2D eigenvalue weighted by Crippen LogP contribution is 2.44. The largest absolute Gasteiger partial charge is 0.452 e. The van der Waals surface area contributed by atoms with Gasteiger partial charge in [0.25, 0.3) is 11.8 Å². The van der Waals surface area contributed by atoms with E-state index in [4.69, 9.17) is 4.74 Å². The molecule has 1 atom stereocenters. The maximum atomic E-state index is 13.2. The van der Waals surface area contributed by atoms with Gasteiger partial charge in [0.1, 0.15) is 0 Å². The smallest absolute Gasteiger partial charge is 0.354 e. The molecule has 0 saturated carbocycles. The van der Waals surface area contributed by atoms with Crippen LogP contribution in [0.25, 0.3) is 0 Å². The molecule has 2 aromatic rings. The number of amides is 4. The number of nitrogens with zero attached hydrogens (tertiary/aromatic N) is 2. The van der Waals surface area contributed by atoms with E-state index in [9.17, 15) is 32.8 Å². The number of carbonyl (C=O) groups excluding carboxylic acids is 5. The van der Waals surface area contributed by atoms with Gasteiger partial charge < -0.3 is 20.3 Å². The van der Waals surface area contributed by atoms with Crippen LogP contribution in [0.15, 0.2) is 42.5 Å². The van der Waals surface area contributed by atoms with E-state index >= 15 is 0 Å². The van der Waals surface area contributed by atoms with Crippen molar-refractivity contribution in [1.29, 1.82) is 0 Å². The third kappa shape index (κ3) is 4.18. The molecule has 0 spiro atoms. The second kappa shape index (κ2) is 9.12. The first kappa shape index (κ1) is 23.8. The Morgan fingerprint density at radius 1 is 1.06 bits per heavy atom. The Bertz CT molecular complexity index is 1250. The number of ether oxygens (including phenoxy) is 1. The minimum Gasteiger partial charge on any atom is -0.452 e. The number of rotatable bonds is 6. The van der Waals surface area contributed by atoms with Gasteiger partial charge in [-0.15, -0.1) is 0 Å². The van der Waals surface area contributed by atoms with Crippen molar-refractivity contribution in [3.05, 3.63) is 59.7 Å². The lowest BCUT2D eigenvalue weighted by molar-refractivity contribution is -0.159. The van der Waals surface area contributed by atoms with Gasteiger partial charge in [0, 0.05) is 31.6 Å². The fourth-order valence-electron chi connectivity index (χ4n) is 4.15. The molecule has 12 heteroatoms. The molecular formula is C23H20F2N4O6. The van der Waals surface area contributed by atoms with Gasteiger partial charge >= 0.3 is 5.97 Å². The van der Waals surface area contributed by atoms with Crippen molar-refractivity contribution in [1.82, 2.24) is 10.2 Å². The molecular weight excluding hydrogens is 466 g/mol. The van der Waals surface area contributed by atoms with Crippen LogP contribution < -0.4 is 15.5 Å². The number of carbonyl (C=O) groups is 5. The summed E-state index contributed by atoms with van der Waals surface area (Å²) in [6, 6.07) is 9.16. The Morgan fingerprint density at radius 2 is 1.80 bits per heavy atom. The topological polar surface area (TPSA) is 125 Å². The number of hydrogen-bond acceptors (Lipinski definition) is 6. The van der Waals surface area contributed by atoms with Crippen molar-refractivity contribution >= 4 is 41.0 Å². The molecule has 0 aromatic heterocycles. The minimum atomic E-state index is -1.73. The molecule has 182 valence electrons. The minimum absolute atomic E-state index is 0.00258. The molecule has 2 aromatic carbocycles. The zero-order valence-electron chi connectivity index (χ0n) is 18.5. The van der Waals surface area contributed by atoms with Gasteiger partial charge in [0.2, 0.25) is 17.5 Å². The van der Waals surface area contributed by atoms with Crippen LogP contribution in [0.2, 0.25) is 0 Å². The first-order valence-corrected chi connectivity index (χ1v) is 10.5. The number of para-hydroxylation sites is 1. The maximum absolute atomic E-state index is 13.2. The number of halogens is 2. The number of nitrogens with one attached hydrogen (secondary N) is 2. The quantitative estimate of drug-likeness (QED) is 0.591. The molecule has 0 radical (unpaired) electrons. The average Bonchev–Trinajstić information content (AvgIpc) is 3.20. The number of likely N-dealkylation sites (N-methyl/N-ethyl adjacent to an activating group) is 1. The number of esters is 1. The van der Waals surface area contributed by atoms with Crippen LogP contribution in [-0.4, -0.2) is 60.4 Å². The van der Waals surface area contributed by atoms with Gasteiger partial charge in [-0.2, -0.15) is 0 Å². The Kier molecular flexibility index (Phi) is 6.20. The van der Waals surface area contributed by atoms with E-state index in [1.807, 2.05) is 0 Å². The number of anilines is 2. The summed E-state index contributed by atoms with van der Waals surface area (Å²) in [4.78, 5) is 65.1. The van der Waals surface area contributed by atoms with Crippen molar-refractivity contribution in [2.75, 3.05) is 30.4 Å². The highest BCUT2D eigenvalue weighted by Gasteiger charge is 2.60. The summed E-state index contributed by atoms with van der Waals surface area (Å²) in [6.07, 6.45) is -0.0170. The summed E-state index contributed by atoms with van der Waals surface area (Å²) in [5.41, 5.74) is -1.19. The maximum Gasteiger partial charge on any atom is 0.354 e. The number of fused-ring (bicyclic) bond motifs is 3. The molecule has 35 heavy (non-hydrogen) atoms. The van der Waals surface area contributed by atoms with Crippen LogP contribution in [0, 0.1) is 11.6 Å². The molecule has 2 N–H and O–H groups in total. The number of hydrogen-bond donors (Lipinski definition) is 2. The molecule has 1 fully saturated rings. The van der Waals surface area contributed by atoms with Gasteiger partial charge in [-0.1, -0.05) is 12.1 Å². The fraction of sp³-hybridized carbons (Fsp3) is 0.261. The predicted molar refractivity (Wildman–Crippen MR) is 117 cm³/mol. The molecule has 2 aliphatic heterocycles. The van der Waals surface area contributed by atoms with Crippen molar-refractivity contribution < 1.29 is 37.5 Å². The monoisotopic (exact) mass is 486 g/mol. The fourth-order valence-corrected chi connectivity index (χ4v) is 4.15. The van der Waals surface area contributed by atoms with Crippen molar-refractivity contribution in [2.45, 2.75) is 18.5 Å². The van der Waals surface area contributed by atoms with E-state index in [-0.39, 0.29) is 35.7 Å². The lowest BCUT2D eigenvalue weighted by atomic mass is 9.97. The first-order chi connectivity index (χ1) is 16.6. The van der Waals surface area contributed by atoms with E-state index in [1.54, 1.807) is 24.3 Å². The third-order valence-corrected chi connectivity index (χ3v) is 5.85. The standard InChI is InChI=1S/C23H20F2N4O6/c1-28-21(33)14-4-2-3-5-17(14)29-20(32)8-9-23(28,29)22(34)35-12-19(31)26-11-18(30)27-13-6-7-15(24)16(25)10-13/h2-7,10H,8-9,11-12H2,1H3,(H,26,31)(H,27,30). The van der Waals surface area contributed by atoms with E-state index in [2.05, 4.69) is 10.6 Å². The van der Waals surface area contributed by atoms with Gasteiger partial charge in [-0.05, 0) is 24.3 Å². The third-order valence-electron chi connectivity index (χ3n) is 5.85. The van der Waals surface area contributed by atoms with Gasteiger partial charge in [-0.3, -0.25) is 24.1 Å². The lowest BCUT2D eigenvalue weighted by Gasteiger charge is -2.46. The molecule has 4 rings (SSSR count). The summed E-state index contributed by atoms with van der Waals surface area (Å²) in [5.74, 6) is -5.57. The van der Waals surface area contributed by atoms with Crippen molar-refractivity contribution in [3.63, 3.8) is 0 Å². The summed E-state index contributed by atoms with van der Waals surface area (Å²) in [7, 11) is 1.38. The highest BCUT2D eigenvalue weighted by molar-refractivity contribution is 6.15. The SMILES string of the molecule is CN1C(=O)c2ccccc2N2C(=O)CCC12C(=O)OCC(=O)NCC(=O)Nc1ccc(F)c(F)c1. The summed E-state index contributed by atoms with van der Waals surface area (Å²) >= 11 is 0. The molecule has 1 unspecified atom stereocenters. The van der Waals surface area contributed by atoms with Crippen LogP contribution in [0.4, 0.5) is 20.2 Å². The van der Waals surface area contributed by atoms with E-state index in [0.29, 0.717) is 0 Å². The summed E-state index contributed by atoms with van der Waals surface area (Å²) in [6.45, 7) is -1.30. The van der Waals surface area contributed by atoms with Crippen molar-refractivity contribution in [3.8, 4) is 0 Å². The van der Waals surface area contributed by atoms with Gasteiger partial charge in [-0.25, -0.2) is 13.6 Å². The van der Waals surface area contributed by atoms with Crippen LogP contribution in [0.3, 0.4) is 0 Å². The second-order valence-electron chi connectivity index (χ2n) is 7.96. The predicted octanol–water partition coefficient (Wildman–Crippen LogP) is 1.17. The first-order valence-electron chi connectivity index (χ1n) is 10.5. The Hall–Kier alpha value is -4.35. The van der Waals surface area contributed by atoms with E-state index in [1.165, 1.54) is 11.9 Å². The normalized spacial score (nSPS) is 18.6. The molecule has 0 bridgehead atoms. The zero-order valence-corrected chi connectivity index (χ0v) is 18.5. The van der Waals surface area contributed by atoms with E-state index in [0.717, 1.165) is 23.1 Å². The van der Waals surface area contributed by atoms with E-state index < -0.39 is 54.1 Å². The van der Waals surface area contributed by atoms with Gasteiger partial charge in [0.05, 0.1) is 17.8 Å². The Labute approximate surface area is 197 Å². The van der Waals surface area contributed by atoms with Crippen LogP contribution in [-0.2, 0) is 23.9 Å². The molecule has 2 heterocycles. The van der Waals surface area contributed by atoms with Crippen LogP contribution >= 0.6 is 0 Å². The van der Waals surface area contributed by atoms with Crippen LogP contribution in [0.5, 0.6) is 0 Å². The van der Waals surface area contributed by atoms with Crippen molar-refractivity contribution in [2.24, 2.45) is 0 Å². The van der Waals surface area contributed by atoms with Crippen LogP contribution in [0.1, 0.15) is 23.2 Å². The molecule has 10 nitrogen and oxygen atoms in total. The second-order valence-corrected chi connectivity index (χ2v) is 7.96. The Balaban J connectivity index is 1.38. The Morgan fingerprint density at radius 3 is 2.54 bits per heavy atom. The molecule has 4 amide bonds. The average molecular weight is 486 g/mol. The van der Waals surface area contributed by atoms with Gasteiger partial charge in [0.15, 0.2) is 18.2 Å². The highest BCUT2D eigenvalue weighted by atomic mass is 19.2. The summed E-state index contributed by atoms with van der Waals surface area (Å²) < 4.78 is 31.3.